The predicted octanol–water partition coefficient (Wildman–Crippen LogP) is -1.82. The molecule has 0 atom stereocenters. The van der Waals surface area contributed by atoms with Crippen molar-refractivity contribution in [2.45, 2.75) is 0 Å². The van der Waals surface area contributed by atoms with Crippen molar-refractivity contribution in [1.29, 1.82) is 0 Å². The highest BCUT2D eigenvalue weighted by Crippen LogP contribution is 2.34. The third-order valence-electron chi connectivity index (χ3n) is 0.509. The van der Waals surface area contributed by atoms with Gasteiger partial charge in [0.25, 0.3) is 16.1 Å². The number of rotatable bonds is 2. The first-order valence-corrected chi connectivity index (χ1v) is 3.23. The molecule has 40 valence electrons. The zero-order chi connectivity index (χ0) is 5.91. The zero-order valence-corrected chi connectivity index (χ0v) is 5.14. The summed E-state index contributed by atoms with van der Waals surface area (Å²) in [4.78, 5) is 0. The molecule has 0 spiro atoms. The fourth-order valence-corrected chi connectivity index (χ4v) is 0.224. The van der Waals surface area contributed by atoms with Crippen molar-refractivity contribution in [3.63, 3.8) is 0 Å². The molecule has 0 rings (SSSR count). The van der Waals surface area contributed by atoms with Gasteiger partial charge in [0, 0.05) is 0 Å². The van der Waals surface area contributed by atoms with Crippen molar-refractivity contribution in [2.75, 3.05) is 0 Å². The summed E-state index contributed by atoms with van der Waals surface area (Å²) in [7, 11) is -0.701. The number of hydrogen-bond acceptors (Lipinski definition) is 3. The van der Waals surface area contributed by atoms with Gasteiger partial charge in [-0.1, -0.05) is 0 Å². The van der Waals surface area contributed by atoms with E-state index in [1.807, 2.05) is 0 Å². The number of hydrogen-bond donors (Lipinski definition) is 1. The zero-order valence-electron chi connectivity index (χ0n) is 4.25. The second-order valence-corrected chi connectivity index (χ2v) is 2.71. The smallest absolute Gasteiger partial charge is 0.369 e. The molecule has 0 aromatic carbocycles. The normalized spacial score (nSPS) is 11.6. The second-order valence-electron chi connectivity index (χ2n) is 0.905. The Morgan fingerprint density at radius 2 is 1.71 bits per heavy atom. The van der Waals surface area contributed by atoms with Crippen LogP contribution in [0.4, 0.5) is 0 Å². The molecule has 0 aliphatic rings. The van der Waals surface area contributed by atoms with Crippen LogP contribution >= 0.6 is 7.75 Å². The molecule has 7 heteroatoms. The van der Waals surface area contributed by atoms with Crippen molar-refractivity contribution in [1.82, 2.24) is 0 Å². The van der Waals surface area contributed by atoms with E-state index in [9.17, 15) is 4.57 Å². The maximum atomic E-state index is 10.3. The minimum Gasteiger partial charge on any atom is -0.369 e. The molecular weight excluding hydrogens is 115 g/mol. The van der Waals surface area contributed by atoms with Crippen molar-refractivity contribution in [2.24, 2.45) is 5.50 Å². The molecule has 7 heavy (non-hydrogen) atoms. The van der Waals surface area contributed by atoms with Crippen molar-refractivity contribution >= 4 is 23.8 Å². The molecule has 0 aromatic rings. The van der Waals surface area contributed by atoms with E-state index in [2.05, 4.69) is 8.88 Å². The summed E-state index contributed by atoms with van der Waals surface area (Å²) < 4.78 is 18.7. The first kappa shape index (κ1) is 7.24. The lowest BCUT2D eigenvalue weighted by molar-refractivity contribution is 0.416. The van der Waals surface area contributed by atoms with Crippen LogP contribution < -0.4 is 5.50 Å². The van der Waals surface area contributed by atoms with Gasteiger partial charge in [-0.3, -0.25) is 0 Å². The van der Waals surface area contributed by atoms with Crippen LogP contribution in [0.25, 0.3) is 0 Å². The van der Waals surface area contributed by atoms with Crippen molar-refractivity contribution < 1.29 is 13.4 Å². The molecule has 0 fully saturated rings. The minimum atomic E-state index is -3.15. The summed E-state index contributed by atoms with van der Waals surface area (Å²) in [6.07, 6.45) is 0. The highest BCUT2D eigenvalue weighted by Gasteiger charge is 2.08. The van der Waals surface area contributed by atoms with Gasteiger partial charge in [-0.2, -0.15) is 0 Å². The summed E-state index contributed by atoms with van der Waals surface area (Å²) >= 11 is 0. The van der Waals surface area contributed by atoms with E-state index in [1.165, 1.54) is 16.1 Å². The Hall–Kier alpha value is 0.240. The molecule has 0 aliphatic heterocycles. The van der Waals surface area contributed by atoms with Crippen LogP contribution in [0.5, 0.6) is 0 Å². The maximum absolute atomic E-state index is 10.3. The Morgan fingerprint density at radius 1 is 1.43 bits per heavy atom. The van der Waals surface area contributed by atoms with Gasteiger partial charge in [0.05, 0.1) is 0 Å². The van der Waals surface area contributed by atoms with Crippen LogP contribution in [-0.4, -0.2) is 16.1 Å². The molecule has 0 bridgehead atoms. The molecule has 0 aromatic heterocycles. The van der Waals surface area contributed by atoms with Crippen LogP contribution in [0.15, 0.2) is 0 Å². The third-order valence-corrected chi connectivity index (χ3v) is 1.53. The quantitative estimate of drug-likeness (QED) is 0.345. The highest BCUT2D eigenvalue weighted by atomic mass is 31.2. The summed E-state index contributed by atoms with van der Waals surface area (Å²) in [5.41, 5.74) is 4.83. The average molecular weight is 121 g/mol. The van der Waals surface area contributed by atoms with Gasteiger partial charge >= 0.3 is 7.75 Å². The Labute approximate surface area is 43.8 Å². The Balaban J connectivity index is 3.61. The lowest BCUT2D eigenvalue weighted by Crippen LogP contribution is -1.98. The largest absolute Gasteiger partial charge is 0.373 e. The highest BCUT2D eigenvalue weighted by molar-refractivity contribution is 7.52. The van der Waals surface area contributed by atoms with Crippen molar-refractivity contribution in [3.8, 4) is 0 Å². The van der Waals surface area contributed by atoms with Crippen LogP contribution in [0.2, 0.25) is 0 Å². The summed E-state index contributed by atoms with van der Waals surface area (Å²) in [6.45, 7) is 0. The molecule has 0 aliphatic carbocycles. The van der Waals surface area contributed by atoms with E-state index in [1.54, 1.807) is 0 Å². The molecule has 0 amide bonds. The Morgan fingerprint density at radius 3 is 1.71 bits per heavy atom. The standard InChI is InChI=1S/B2H6NO3P/c1-5-7(3,4)6-2/h1-2H2,(H2,3,4). The number of nitrogens with two attached hydrogens (primary N) is 1. The molecule has 0 heterocycles. The van der Waals surface area contributed by atoms with E-state index in [0.717, 1.165) is 0 Å². The summed E-state index contributed by atoms with van der Waals surface area (Å²) in [6, 6.07) is 0. The van der Waals surface area contributed by atoms with Gasteiger partial charge in [0.1, 0.15) is 0 Å². The van der Waals surface area contributed by atoms with Crippen LogP contribution in [0.1, 0.15) is 0 Å². The fraction of sp³-hybridized carbons (Fsp3) is 0. The first-order chi connectivity index (χ1) is 3.12. The van der Waals surface area contributed by atoms with E-state index in [-0.39, 0.29) is 0 Å². The maximum Gasteiger partial charge on any atom is 0.373 e. The molecular formula is H6B2NO3P. The van der Waals surface area contributed by atoms with Gasteiger partial charge < -0.3 is 8.88 Å². The third kappa shape index (κ3) is 2.88. The van der Waals surface area contributed by atoms with Crippen molar-refractivity contribution in [3.05, 3.63) is 0 Å². The van der Waals surface area contributed by atoms with Gasteiger partial charge in [-0.05, 0) is 0 Å². The van der Waals surface area contributed by atoms with Gasteiger partial charge in [-0.25, -0.2) is 10.1 Å². The van der Waals surface area contributed by atoms with E-state index in [0.29, 0.717) is 0 Å². The Bertz CT molecular complexity index is 84.9. The van der Waals surface area contributed by atoms with Crippen LogP contribution in [-0.2, 0) is 13.4 Å². The SMILES string of the molecule is BOP(N)(=O)OB. The summed E-state index contributed by atoms with van der Waals surface area (Å²) in [5, 5.41) is 0. The van der Waals surface area contributed by atoms with Crippen LogP contribution in [0.3, 0.4) is 0 Å². The first-order valence-electron chi connectivity index (χ1n) is 1.62. The van der Waals surface area contributed by atoms with Crippen LogP contribution in [0, 0.1) is 0 Å². The van der Waals surface area contributed by atoms with Gasteiger partial charge in [-0.15, -0.1) is 0 Å². The lowest BCUT2D eigenvalue weighted by atomic mass is 10.6. The lowest BCUT2D eigenvalue weighted by Gasteiger charge is -2.05. The van der Waals surface area contributed by atoms with Gasteiger partial charge in [0.15, 0.2) is 0 Å². The molecule has 4 nitrogen and oxygen atoms in total. The second kappa shape index (κ2) is 2.52. The molecule has 0 radical (unpaired) electrons. The monoisotopic (exact) mass is 121 g/mol. The molecule has 0 saturated carbocycles. The van der Waals surface area contributed by atoms with E-state index < -0.39 is 7.75 Å². The molecule has 0 saturated heterocycles. The fourth-order valence-electron chi connectivity index (χ4n) is 0.0745. The molecule has 2 N–H and O–H groups in total. The van der Waals surface area contributed by atoms with Gasteiger partial charge in [0.2, 0.25) is 0 Å². The predicted molar refractivity (Wildman–Crippen MR) is 31.1 cm³/mol. The Kier molecular flexibility index (Phi) is 2.61. The van der Waals surface area contributed by atoms with E-state index in [4.69, 9.17) is 5.50 Å². The topological polar surface area (TPSA) is 61.5 Å². The molecule has 0 unspecified atom stereocenters. The minimum absolute atomic E-state index is 1.23. The average Bonchev–Trinajstić information content (AvgIpc) is 1.68. The van der Waals surface area contributed by atoms with E-state index >= 15 is 0 Å². The summed E-state index contributed by atoms with van der Waals surface area (Å²) in [5.74, 6) is 0.